The van der Waals surface area contributed by atoms with Crippen LogP contribution in [-0.2, 0) is 0 Å². The van der Waals surface area contributed by atoms with E-state index < -0.39 is 0 Å². The van der Waals surface area contributed by atoms with Crippen LogP contribution in [0.5, 0.6) is 0 Å². The van der Waals surface area contributed by atoms with E-state index in [1.54, 1.807) is 0 Å². The normalized spacial score (nSPS) is 11.7. The third-order valence-corrected chi connectivity index (χ3v) is 14.7. The summed E-state index contributed by atoms with van der Waals surface area (Å²) in [6.07, 6.45) is 0. The predicted octanol–water partition coefficient (Wildman–Crippen LogP) is 19.4. The van der Waals surface area contributed by atoms with Crippen LogP contribution in [0.3, 0.4) is 0 Å². The van der Waals surface area contributed by atoms with Crippen LogP contribution in [0.15, 0.2) is 273 Å². The molecule has 14 aromatic rings. The Bertz CT molecular complexity index is 4070. The molecule has 0 aliphatic heterocycles. The number of aromatic nitrogens is 1. The Labute approximate surface area is 412 Å². The Morgan fingerprint density at radius 1 is 0.183 bits per heavy atom. The first-order valence-electron chi connectivity index (χ1n) is 24.6. The van der Waals surface area contributed by atoms with Gasteiger partial charge in [0.25, 0.3) is 0 Å². The predicted molar refractivity (Wildman–Crippen MR) is 303 cm³/mol. The van der Waals surface area contributed by atoms with Crippen molar-refractivity contribution < 1.29 is 0 Å². The van der Waals surface area contributed by atoms with E-state index in [4.69, 9.17) is 0 Å². The standard InChI is InChI=1S/C70H45N/c1-3-15-46(16-4-1)48-27-31-50(32-28-48)56-39-57(51-33-29-49(30-34-51)47-17-5-2-6-18-47)41-58(40-56)71-69-37-35-54(65-42-52-19-7-9-21-59(52)61-23-11-13-25-63(61)65)44-67(69)68-45-55(36-38-70(68)71)66-43-53-20-8-10-22-60(53)62-24-12-14-26-64(62)66/h1-45H. The van der Waals surface area contributed by atoms with Crippen molar-refractivity contribution in [1.29, 1.82) is 0 Å². The maximum absolute atomic E-state index is 2.50. The molecule has 0 radical (unpaired) electrons. The van der Waals surface area contributed by atoms with Gasteiger partial charge in [-0.3, -0.25) is 0 Å². The van der Waals surface area contributed by atoms with Crippen LogP contribution in [0.25, 0.3) is 137 Å². The fraction of sp³-hybridized carbons (Fsp3) is 0. The first-order chi connectivity index (χ1) is 35.2. The third kappa shape index (κ3) is 7.01. The minimum absolute atomic E-state index is 1.12. The molecule has 0 aliphatic carbocycles. The molecule has 0 saturated carbocycles. The minimum Gasteiger partial charge on any atom is -0.309 e. The summed E-state index contributed by atoms with van der Waals surface area (Å²) < 4.78 is 2.50. The molecule has 0 fully saturated rings. The summed E-state index contributed by atoms with van der Waals surface area (Å²) in [4.78, 5) is 0. The van der Waals surface area contributed by atoms with Crippen molar-refractivity contribution in [3.8, 4) is 72.4 Å². The molecule has 71 heavy (non-hydrogen) atoms. The number of nitrogens with zero attached hydrogens (tertiary/aromatic N) is 1. The topological polar surface area (TPSA) is 4.93 Å². The van der Waals surface area contributed by atoms with E-state index in [-0.39, 0.29) is 0 Å². The zero-order valence-corrected chi connectivity index (χ0v) is 38.9. The molecule has 14 rings (SSSR count). The maximum atomic E-state index is 2.50. The zero-order chi connectivity index (χ0) is 46.8. The van der Waals surface area contributed by atoms with E-state index in [1.165, 1.54) is 109 Å². The molecule has 330 valence electrons. The highest BCUT2D eigenvalue weighted by Gasteiger charge is 2.19. The smallest absolute Gasteiger partial charge is 0.0541 e. The minimum atomic E-state index is 1.12. The van der Waals surface area contributed by atoms with Gasteiger partial charge in [-0.2, -0.15) is 0 Å². The molecule has 0 N–H and O–H groups in total. The van der Waals surface area contributed by atoms with Crippen molar-refractivity contribution in [3.63, 3.8) is 0 Å². The monoisotopic (exact) mass is 899 g/mol. The van der Waals surface area contributed by atoms with Crippen molar-refractivity contribution in [3.05, 3.63) is 273 Å². The summed E-state index contributed by atoms with van der Waals surface area (Å²) >= 11 is 0. The van der Waals surface area contributed by atoms with Crippen molar-refractivity contribution >= 4 is 64.9 Å². The number of benzene rings is 13. The van der Waals surface area contributed by atoms with Gasteiger partial charge < -0.3 is 4.57 Å². The first-order valence-corrected chi connectivity index (χ1v) is 24.6. The van der Waals surface area contributed by atoms with E-state index in [9.17, 15) is 0 Å². The molecule has 0 saturated heterocycles. The third-order valence-electron chi connectivity index (χ3n) is 14.7. The molecule has 0 atom stereocenters. The summed E-state index contributed by atoms with van der Waals surface area (Å²) in [5.74, 6) is 0. The van der Waals surface area contributed by atoms with Gasteiger partial charge in [0, 0.05) is 16.5 Å². The lowest BCUT2D eigenvalue weighted by atomic mass is 9.92. The Hall–Kier alpha value is -9.30. The molecule has 0 unspecified atom stereocenters. The molecule has 1 nitrogen and oxygen atoms in total. The number of rotatable bonds is 7. The Balaban J connectivity index is 1.02. The van der Waals surface area contributed by atoms with Gasteiger partial charge in [-0.1, -0.05) is 218 Å². The average molecular weight is 900 g/mol. The summed E-state index contributed by atoms with van der Waals surface area (Å²) in [5.41, 5.74) is 17.8. The second kappa shape index (κ2) is 16.7. The van der Waals surface area contributed by atoms with Gasteiger partial charge in [-0.25, -0.2) is 0 Å². The Kier molecular flexibility index (Phi) is 9.60. The fourth-order valence-corrected chi connectivity index (χ4v) is 11.3. The molecule has 0 amide bonds. The molecular formula is C70H45N. The summed E-state index contributed by atoms with van der Waals surface area (Å²) in [6.45, 7) is 0. The Morgan fingerprint density at radius 2 is 0.507 bits per heavy atom. The highest BCUT2D eigenvalue weighted by atomic mass is 15.0. The van der Waals surface area contributed by atoms with E-state index >= 15 is 0 Å². The lowest BCUT2D eigenvalue weighted by Crippen LogP contribution is -1.96. The lowest BCUT2D eigenvalue weighted by Gasteiger charge is -2.15. The molecule has 13 aromatic carbocycles. The van der Waals surface area contributed by atoms with Crippen LogP contribution >= 0.6 is 0 Å². The van der Waals surface area contributed by atoms with Crippen molar-refractivity contribution in [2.45, 2.75) is 0 Å². The molecule has 1 aromatic heterocycles. The summed E-state index contributed by atoms with van der Waals surface area (Å²) in [7, 11) is 0. The van der Waals surface area contributed by atoms with E-state index in [2.05, 4.69) is 278 Å². The summed E-state index contributed by atoms with van der Waals surface area (Å²) in [5, 5.41) is 12.5. The van der Waals surface area contributed by atoms with Gasteiger partial charge in [0.2, 0.25) is 0 Å². The maximum Gasteiger partial charge on any atom is 0.0541 e. The SMILES string of the molecule is c1ccc(-c2ccc(-c3cc(-c4ccc(-c5ccccc5)cc4)cc(-n4c5ccc(-c6cc7ccccc7c7ccccc67)cc5c5cc(-c6cc7ccccc7c7ccccc67)ccc54)c3)cc2)cc1. The van der Waals surface area contributed by atoms with Crippen LogP contribution < -0.4 is 0 Å². The zero-order valence-electron chi connectivity index (χ0n) is 38.9. The van der Waals surface area contributed by atoms with Gasteiger partial charge in [-0.05, 0) is 164 Å². The van der Waals surface area contributed by atoms with Gasteiger partial charge in [-0.15, -0.1) is 0 Å². The van der Waals surface area contributed by atoms with Crippen LogP contribution in [0.2, 0.25) is 0 Å². The van der Waals surface area contributed by atoms with Crippen LogP contribution in [0, 0.1) is 0 Å². The van der Waals surface area contributed by atoms with Gasteiger partial charge in [0.05, 0.1) is 11.0 Å². The number of fused-ring (bicyclic) bond motifs is 9. The van der Waals surface area contributed by atoms with E-state index in [0.717, 1.165) is 27.8 Å². The van der Waals surface area contributed by atoms with Gasteiger partial charge in [0.1, 0.15) is 0 Å². The van der Waals surface area contributed by atoms with E-state index in [0.29, 0.717) is 0 Å². The highest BCUT2D eigenvalue weighted by molar-refractivity contribution is 6.18. The Morgan fingerprint density at radius 3 is 0.930 bits per heavy atom. The number of hydrogen-bond donors (Lipinski definition) is 0. The average Bonchev–Trinajstić information content (AvgIpc) is 3.78. The fourth-order valence-electron chi connectivity index (χ4n) is 11.3. The van der Waals surface area contributed by atoms with Crippen molar-refractivity contribution in [2.75, 3.05) is 0 Å². The highest BCUT2D eigenvalue weighted by Crippen LogP contribution is 2.43. The van der Waals surface area contributed by atoms with Gasteiger partial charge >= 0.3 is 0 Å². The second-order valence-corrected chi connectivity index (χ2v) is 18.8. The molecule has 0 aliphatic rings. The quantitative estimate of drug-likeness (QED) is 0.141. The van der Waals surface area contributed by atoms with Gasteiger partial charge in [0.15, 0.2) is 0 Å². The van der Waals surface area contributed by atoms with Crippen molar-refractivity contribution in [1.82, 2.24) is 4.57 Å². The number of hydrogen-bond acceptors (Lipinski definition) is 0. The molecular weight excluding hydrogens is 855 g/mol. The van der Waals surface area contributed by atoms with Crippen molar-refractivity contribution in [2.24, 2.45) is 0 Å². The van der Waals surface area contributed by atoms with Crippen LogP contribution in [0.4, 0.5) is 0 Å². The molecule has 0 spiro atoms. The van der Waals surface area contributed by atoms with E-state index in [1.807, 2.05) is 0 Å². The van der Waals surface area contributed by atoms with Crippen LogP contribution in [-0.4, -0.2) is 4.57 Å². The molecule has 1 heteroatoms. The molecule has 1 heterocycles. The van der Waals surface area contributed by atoms with Crippen LogP contribution in [0.1, 0.15) is 0 Å². The lowest BCUT2D eigenvalue weighted by molar-refractivity contribution is 1.18. The molecule has 0 bridgehead atoms. The second-order valence-electron chi connectivity index (χ2n) is 18.8. The largest absolute Gasteiger partial charge is 0.309 e. The summed E-state index contributed by atoms with van der Waals surface area (Å²) in [6, 6.07) is 101. The first kappa shape index (κ1) is 40.7.